The molecule has 0 spiro atoms. The van der Waals surface area contributed by atoms with Crippen molar-refractivity contribution in [2.24, 2.45) is 5.92 Å². The standard InChI is InChI=1S/C23H30N2O4/c1-15(2)22(17-10-11-20-21(14-17)29-13-7-12-28-20)25-23(26)24-16(3)18-8-5-6-9-19(18)27-4/h5-6,8-11,14-16,22H,7,12-13H2,1-4H3,(H2,24,25,26)/t16-,22+/m1/s1. The second-order valence-corrected chi connectivity index (χ2v) is 7.56. The molecule has 1 aliphatic rings. The van der Waals surface area contributed by atoms with Gasteiger partial charge in [-0.1, -0.05) is 38.1 Å². The first-order valence-corrected chi connectivity index (χ1v) is 10.1. The lowest BCUT2D eigenvalue weighted by atomic mass is 9.95. The average molecular weight is 399 g/mol. The smallest absolute Gasteiger partial charge is 0.315 e. The number of carbonyl (C=O) groups is 1. The van der Waals surface area contributed by atoms with Crippen LogP contribution in [-0.2, 0) is 0 Å². The molecule has 1 heterocycles. The van der Waals surface area contributed by atoms with Gasteiger partial charge in [-0.15, -0.1) is 0 Å². The maximum absolute atomic E-state index is 12.7. The molecule has 0 aromatic heterocycles. The van der Waals surface area contributed by atoms with E-state index in [1.165, 1.54) is 0 Å². The summed E-state index contributed by atoms with van der Waals surface area (Å²) in [4.78, 5) is 12.7. The van der Waals surface area contributed by atoms with Crippen molar-refractivity contribution in [3.63, 3.8) is 0 Å². The molecule has 2 aromatic rings. The summed E-state index contributed by atoms with van der Waals surface area (Å²) in [6.45, 7) is 7.39. The molecule has 0 radical (unpaired) electrons. The molecule has 6 heteroatoms. The number of methoxy groups -OCH3 is 1. The van der Waals surface area contributed by atoms with Gasteiger partial charge in [0.15, 0.2) is 11.5 Å². The molecule has 0 unspecified atom stereocenters. The van der Waals surface area contributed by atoms with Gasteiger partial charge in [-0.2, -0.15) is 0 Å². The number of benzene rings is 2. The Labute approximate surface area is 172 Å². The SMILES string of the molecule is COc1ccccc1[C@@H](C)NC(=O)N[C@H](c1ccc2c(c1)OCCCO2)C(C)C. The van der Waals surface area contributed by atoms with E-state index in [0.717, 1.165) is 34.8 Å². The molecular weight excluding hydrogens is 368 g/mol. The number of hydrogen-bond acceptors (Lipinski definition) is 4. The normalized spacial score (nSPS) is 15.2. The molecule has 2 atom stereocenters. The van der Waals surface area contributed by atoms with Gasteiger partial charge < -0.3 is 24.8 Å². The molecule has 156 valence electrons. The third-order valence-corrected chi connectivity index (χ3v) is 5.04. The van der Waals surface area contributed by atoms with Gasteiger partial charge >= 0.3 is 6.03 Å². The van der Waals surface area contributed by atoms with Crippen LogP contribution in [0.25, 0.3) is 0 Å². The molecule has 0 saturated heterocycles. The zero-order chi connectivity index (χ0) is 20.8. The van der Waals surface area contributed by atoms with Crippen LogP contribution in [-0.4, -0.2) is 26.4 Å². The van der Waals surface area contributed by atoms with Crippen molar-refractivity contribution in [3.05, 3.63) is 53.6 Å². The van der Waals surface area contributed by atoms with E-state index in [-0.39, 0.29) is 24.0 Å². The van der Waals surface area contributed by atoms with E-state index in [9.17, 15) is 4.79 Å². The van der Waals surface area contributed by atoms with Crippen molar-refractivity contribution in [3.8, 4) is 17.2 Å². The lowest BCUT2D eigenvalue weighted by molar-refractivity contribution is 0.229. The van der Waals surface area contributed by atoms with Gasteiger partial charge in [-0.3, -0.25) is 0 Å². The van der Waals surface area contributed by atoms with Crippen LogP contribution in [0.2, 0.25) is 0 Å². The Bertz CT molecular complexity index is 837. The van der Waals surface area contributed by atoms with E-state index >= 15 is 0 Å². The Hall–Kier alpha value is -2.89. The van der Waals surface area contributed by atoms with Crippen LogP contribution in [0.1, 0.15) is 50.4 Å². The quantitative estimate of drug-likeness (QED) is 0.745. The minimum atomic E-state index is -0.228. The Balaban J connectivity index is 1.72. The van der Waals surface area contributed by atoms with Crippen molar-refractivity contribution >= 4 is 6.03 Å². The second kappa shape index (κ2) is 9.54. The molecule has 1 aliphatic heterocycles. The maximum Gasteiger partial charge on any atom is 0.315 e. The molecular formula is C23H30N2O4. The minimum Gasteiger partial charge on any atom is -0.496 e. The summed E-state index contributed by atoms with van der Waals surface area (Å²) in [5.41, 5.74) is 1.92. The van der Waals surface area contributed by atoms with Gasteiger partial charge in [0, 0.05) is 12.0 Å². The summed E-state index contributed by atoms with van der Waals surface area (Å²) in [6, 6.07) is 13.0. The van der Waals surface area contributed by atoms with Gasteiger partial charge in [0.25, 0.3) is 0 Å². The summed E-state index contributed by atoms with van der Waals surface area (Å²) in [6.07, 6.45) is 0.860. The second-order valence-electron chi connectivity index (χ2n) is 7.56. The lowest BCUT2D eigenvalue weighted by Gasteiger charge is -2.25. The van der Waals surface area contributed by atoms with Crippen LogP contribution >= 0.6 is 0 Å². The van der Waals surface area contributed by atoms with Crippen molar-refractivity contribution in [2.75, 3.05) is 20.3 Å². The fraction of sp³-hybridized carbons (Fsp3) is 0.435. The van der Waals surface area contributed by atoms with Crippen LogP contribution < -0.4 is 24.8 Å². The van der Waals surface area contributed by atoms with Crippen LogP contribution in [0, 0.1) is 5.92 Å². The third kappa shape index (κ3) is 5.13. The largest absolute Gasteiger partial charge is 0.496 e. The maximum atomic E-state index is 12.7. The van der Waals surface area contributed by atoms with E-state index in [4.69, 9.17) is 14.2 Å². The van der Waals surface area contributed by atoms with Crippen LogP contribution in [0.4, 0.5) is 4.79 Å². The van der Waals surface area contributed by atoms with Gasteiger partial charge in [-0.25, -0.2) is 4.79 Å². The molecule has 0 aliphatic carbocycles. The number of para-hydroxylation sites is 1. The lowest BCUT2D eigenvalue weighted by Crippen LogP contribution is -2.40. The fourth-order valence-corrected chi connectivity index (χ4v) is 3.49. The summed E-state index contributed by atoms with van der Waals surface area (Å²) in [5.74, 6) is 2.44. The highest BCUT2D eigenvalue weighted by atomic mass is 16.5. The molecule has 0 saturated carbocycles. The number of fused-ring (bicyclic) bond motifs is 1. The van der Waals surface area contributed by atoms with Gasteiger partial charge in [0.2, 0.25) is 0 Å². The first-order chi connectivity index (χ1) is 14.0. The molecule has 2 aromatic carbocycles. The predicted molar refractivity (Wildman–Crippen MR) is 113 cm³/mol. The first kappa shape index (κ1) is 20.8. The number of hydrogen-bond donors (Lipinski definition) is 2. The van der Waals surface area contributed by atoms with E-state index < -0.39 is 0 Å². The topological polar surface area (TPSA) is 68.8 Å². The van der Waals surface area contributed by atoms with Gasteiger partial charge in [0.1, 0.15) is 5.75 Å². The summed E-state index contributed by atoms with van der Waals surface area (Å²) in [7, 11) is 1.63. The van der Waals surface area contributed by atoms with E-state index in [1.807, 2.05) is 49.4 Å². The van der Waals surface area contributed by atoms with Gasteiger partial charge in [-0.05, 0) is 36.6 Å². The van der Waals surface area contributed by atoms with Crippen LogP contribution in [0.3, 0.4) is 0 Å². The zero-order valence-corrected chi connectivity index (χ0v) is 17.5. The van der Waals surface area contributed by atoms with Crippen molar-refractivity contribution in [1.29, 1.82) is 0 Å². The number of carbonyl (C=O) groups excluding carboxylic acids is 1. The van der Waals surface area contributed by atoms with E-state index in [0.29, 0.717) is 13.2 Å². The summed E-state index contributed by atoms with van der Waals surface area (Å²) < 4.78 is 16.9. The van der Waals surface area contributed by atoms with Crippen molar-refractivity contribution in [1.82, 2.24) is 10.6 Å². The van der Waals surface area contributed by atoms with E-state index in [2.05, 4.69) is 24.5 Å². The highest BCUT2D eigenvalue weighted by molar-refractivity contribution is 5.75. The first-order valence-electron chi connectivity index (χ1n) is 10.1. The molecule has 2 N–H and O–H groups in total. The number of amides is 2. The number of rotatable bonds is 6. The fourth-order valence-electron chi connectivity index (χ4n) is 3.49. The van der Waals surface area contributed by atoms with Crippen molar-refractivity contribution in [2.45, 2.75) is 39.3 Å². The molecule has 3 rings (SSSR count). The summed E-state index contributed by atoms with van der Waals surface area (Å²) in [5, 5.41) is 6.12. The monoisotopic (exact) mass is 398 g/mol. The van der Waals surface area contributed by atoms with Crippen LogP contribution in [0.15, 0.2) is 42.5 Å². The Morgan fingerprint density at radius 2 is 1.72 bits per heavy atom. The number of urea groups is 1. The minimum absolute atomic E-state index is 0.156. The average Bonchev–Trinajstić information content (AvgIpc) is 2.96. The molecule has 29 heavy (non-hydrogen) atoms. The molecule has 2 amide bonds. The zero-order valence-electron chi connectivity index (χ0n) is 17.5. The van der Waals surface area contributed by atoms with Gasteiger partial charge in [0.05, 0.1) is 32.4 Å². The number of nitrogens with one attached hydrogen (secondary N) is 2. The molecule has 0 fully saturated rings. The predicted octanol–water partition coefficient (Wildman–Crippen LogP) is 4.61. The summed E-state index contributed by atoms with van der Waals surface area (Å²) >= 11 is 0. The highest BCUT2D eigenvalue weighted by Crippen LogP contribution is 2.34. The molecule has 6 nitrogen and oxygen atoms in total. The Kier molecular flexibility index (Phi) is 6.86. The Morgan fingerprint density at radius 1 is 1.00 bits per heavy atom. The third-order valence-electron chi connectivity index (χ3n) is 5.04. The highest BCUT2D eigenvalue weighted by Gasteiger charge is 2.22. The van der Waals surface area contributed by atoms with E-state index in [1.54, 1.807) is 7.11 Å². The van der Waals surface area contributed by atoms with Crippen molar-refractivity contribution < 1.29 is 19.0 Å². The molecule has 0 bridgehead atoms. The Morgan fingerprint density at radius 3 is 2.45 bits per heavy atom. The number of ether oxygens (including phenoxy) is 3. The van der Waals surface area contributed by atoms with Crippen LogP contribution in [0.5, 0.6) is 17.2 Å².